The second kappa shape index (κ2) is 12.5. The summed E-state index contributed by atoms with van der Waals surface area (Å²) in [5.41, 5.74) is 1.24. The number of piperazine rings is 1. The van der Waals surface area contributed by atoms with Gasteiger partial charge in [0.25, 0.3) is 0 Å². The summed E-state index contributed by atoms with van der Waals surface area (Å²) in [5, 5.41) is 10.8. The Morgan fingerprint density at radius 3 is 2.20 bits per heavy atom. The molecule has 2 aliphatic rings. The molecule has 0 spiro atoms. The lowest BCUT2D eigenvalue weighted by Crippen LogP contribution is -2.76. The summed E-state index contributed by atoms with van der Waals surface area (Å²) in [6.07, 6.45) is -2.64. The van der Waals surface area contributed by atoms with E-state index in [2.05, 4.69) is 0 Å². The fourth-order valence-corrected chi connectivity index (χ4v) is 7.57. The minimum atomic E-state index is -4.63. The average molecular weight is 643 g/mol. The molecule has 3 aromatic carbocycles. The molecule has 5 rings (SSSR count). The Morgan fingerprint density at radius 2 is 1.59 bits per heavy atom. The molecule has 0 bridgehead atoms. The summed E-state index contributed by atoms with van der Waals surface area (Å²) in [6.45, 7) is 2.60. The zero-order valence-corrected chi connectivity index (χ0v) is 25.7. The van der Waals surface area contributed by atoms with Crippen LogP contribution in [0.1, 0.15) is 25.0 Å². The van der Waals surface area contributed by atoms with Gasteiger partial charge in [0.2, 0.25) is 21.8 Å². The number of fused-ring (bicyclic) bond motifs is 1. The molecule has 2 heterocycles. The van der Waals surface area contributed by atoms with Crippen molar-refractivity contribution in [3.63, 3.8) is 0 Å². The van der Waals surface area contributed by atoms with Crippen molar-refractivity contribution < 1.29 is 32.3 Å². The van der Waals surface area contributed by atoms with Crippen molar-refractivity contribution in [2.75, 3.05) is 13.1 Å². The highest BCUT2D eigenvalue weighted by molar-refractivity contribution is 7.89. The summed E-state index contributed by atoms with van der Waals surface area (Å²) < 4.78 is 44.4. The maximum atomic E-state index is 15.0. The number of carbonyl (C=O) groups is 3. The van der Waals surface area contributed by atoms with Gasteiger partial charge in [-0.15, -0.1) is 0 Å². The second-order valence-corrected chi connectivity index (χ2v) is 13.4. The minimum Gasteiger partial charge on any atom is -0.465 e. The molecule has 13 heteroatoms. The number of halogens is 2. The lowest BCUT2D eigenvalue weighted by atomic mass is 9.96. The molecule has 3 unspecified atom stereocenters. The van der Waals surface area contributed by atoms with Gasteiger partial charge in [-0.3, -0.25) is 14.5 Å². The Labute approximate surface area is 260 Å². The van der Waals surface area contributed by atoms with Gasteiger partial charge in [-0.05, 0) is 49.2 Å². The molecule has 0 aromatic heterocycles. The highest BCUT2D eigenvalue weighted by Crippen LogP contribution is 2.34. The van der Waals surface area contributed by atoms with Gasteiger partial charge in [-0.2, -0.15) is 4.31 Å². The van der Waals surface area contributed by atoms with E-state index in [1.54, 1.807) is 68.4 Å². The molecule has 3 aromatic rings. The highest BCUT2D eigenvalue weighted by Gasteiger charge is 2.55. The quantitative estimate of drug-likeness (QED) is 0.396. The number of carboxylic acid groups (broad SMARTS) is 1. The number of benzene rings is 3. The van der Waals surface area contributed by atoms with Crippen LogP contribution in [-0.4, -0.2) is 87.8 Å². The molecular formula is C31H32ClFN4O6S. The number of hydrogen-bond donors (Lipinski definition) is 1. The Kier molecular flexibility index (Phi) is 8.96. The molecule has 0 saturated carbocycles. The first kappa shape index (κ1) is 31.4. The highest BCUT2D eigenvalue weighted by atomic mass is 35.5. The fourth-order valence-electron chi connectivity index (χ4n) is 5.80. The maximum Gasteiger partial charge on any atom is 0.408 e. The van der Waals surface area contributed by atoms with Gasteiger partial charge < -0.3 is 14.9 Å². The summed E-state index contributed by atoms with van der Waals surface area (Å²) >= 11 is 6.07. The van der Waals surface area contributed by atoms with E-state index in [4.69, 9.17) is 11.6 Å². The molecule has 3 amide bonds. The van der Waals surface area contributed by atoms with Crippen LogP contribution in [0.2, 0.25) is 5.02 Å². The maximum absolute atomic E-state index is 15.0. The third-order valence-corrected chi connectivity index (χ3v) is 10.2. The number of amides is 3. The molecule has 2 fully saturated rings. The van der Waals surface area contributed by atoms with E-state index in [0.717, 1.165) is 21.3 Å². The lowest BCUT2D eigenvalue weighted by Gasteiger charge is -2.55. The van der Waals surface area contributed by atoms with Gasteiger partial charge in [-0.1, -0.05) is 66.2 Å². The van der Waals surface area contributed by atoms with Crippen molar-refractivity contribution >= 4 is 39.5 Å². The minimum absolute atomic E-state index is 0.0214. The first-order chi connectivity index (χ1) is 20.9. The number of hydrogen-bond acceptors (Lipinski definition) is 5. The van der Waals surface area contributed by atoms with Gasteiger partial charge in [0.05, 0.1) is 6.54 Å². The third-order valence-electron chi connectivity index (χ3n) is 8.02. The second-order valence-electron chi connectivity index (χ2n) is 11.1. The standard InChI is InChI=1S/C31H32ClFN4O6S/c1-20(2)34-19-28-36(44(42,43)27-11-7-6-10-24(27)33)18-26(35(31(40)41)17-22-8-4-3-5-9-22)30(39)37(28)25(29(34)38)16-21-12-14-23(32)15-13-21/h3-15,20,25-26,28H,16-19H2,1-2H3,(H,40,41). The number of sulfonamides is 1. The topological polar surface area (TPSA) is 119 Å². The van der Waals surface area contributed by atoms with Crippen molar-refractivity contribution in [3.8, 4) is 0 Å². The van der Waals surface area contributed by atoms with E-state index in [-0.39, 0.29) is 25.6 Å². The van der Waals surface area contributed by atoms with Gasteiger partial charge in [0, 0.05) is 30.6 Å². The number of carbonyl (C=O) groups excluding carboxylic acids is 2. The molecule has 10 nitrogen and oxygen atoms in total. The monoisotopic (exact) mass is 642 g/mol. The van der Waals surface area contributed by atoms with E-state index < -0.39 is 63.4 Å². The van der Waals surface area contributed by atoms with E-state index in [1.807, 2.05) is 0 Å². The third kappa shape index (κ3) is 6.01. The number of nitrogens with zero attached hydrogens (tertiary/aromatic N) is 4. The molecule has 2 saturated heterocycles. The van der Waals surface area contributed by atoms with Crippen LogP contribution in [0, 0.1) is 5.82 Å². The van der Waals surface area contributed by atoms with Gasteiger partial charge in [0.15, 0.2) is 0 Å². The molecule has 0 aliphatic carbocycles. The van der Waals surface area contributed by atoms with E-state index in [9.17, 15) is 27.9 Å². The number of rotatable bonds is 8. The van der Waals surface area contributed by atoms with Gasteiger partial charge in [0.1, 0.15) is 29.0 Å². The van der Waals surface area contributed by atoms with E-state index in [0.29, 0.717) is 16.1 Å². The smallest absolute Gasteiger partial charge is 0.408 e. The van der Waals surface area contributed by atoms with Crippen molar-refractivity contribution in [1.82, 2.24) is 19.0 Å². The van der Waals surface area contributed by atoms with Crippen LogP contribution in [0.3, 0.4) is 0 Å². The first-order valence-corrected chi connectivity index (χ1v) is 15.9. The summed E-state index contributed by atoms with van der Waals surface area (Å²) in [6, 6.07) is 17.1. The zero-order valence-electron chi connectivity index (χ0n) is 24.1. The molecular weight excluding hydrogens is 611 g/mol. The van der Waals surface area contributed by atoms with Crippen molar-refractivity contribution in [3.05, 3.63) is 101 Å². The Balaban J connectivity index is 1.66. The first-order valence-electron chi connectivity index (χ1n) is 14.1. The summed E-state index contributed by atoms with van der Waals surface area (Å²) in [4.78, 5) is 43.9. The molecule has 44 heavy (non-hydrogen) atoms. The predicted octanol–water partition coefficient (Wildman–Crippen LogP) is 4.05. The Hall–Kier alpha value is -4.00. The molecule has 2 aliphatic heterocycles. The van der Waals surface area contributed by atoms with E-state index in [1.165, 1.54) is 21.9 Å². The van der Waals surface area contributed by atoms with Crippen molar-refractivity contribution in [2.45, 2.75) is 56.0 Å². The van der Waals surface area contributed by atoms with Crippen molar-refractivity contribution in [2.24, 2.45) is 0 Å². The van der Waals surface area contributed by atoms with Crippen LogP contribution in [0.5, 0.6) is 0 Å². The van der Waals surface area contributed by atoms with Crippen LogP contribution < -0.4 is 0 Å². The molecule has 3 atom stereocenters. The largest absolute Gasteiger partial charge is 0.465 e. The summed E-state index contributed by atoms with van der Waals surface area (Å²) in [5.74, 6) is -2.10. The summed E-state index contributed by atoms with van der Waals surface area (Å²) in [7, 11) is -4.63. The predicted molar refractivity (Wildman–Crippen MR) is 161 cm³/mol. The van der Waals surface area contributed by atoms with Gasteiger partial charge >= 0.3 is 6.09 Å². The molecule has 1 N–H and O–H groups in total. The molecule has 0 radical (unpaired) electrons. The van der Waals surface area contributed by atoms with Crippen LogP contribution >= 0.6 is 11.6 Å². The van der Waals surface area contributed by atoms with Gasteiger partial charge in [-0.25, -0.2) is 17.6 Å². The molecule has 232 valence electrons. The zero-order chi connectivity index (χ0) is 31.8. The SMILES string of the molecule is CC(C)N1CC2N(C(=O)C(N(Cc3ccccc3)C(=O)O)CN2S(=O)(=O)c2ccccc2F)C(Cc2ccc(Cl)cc2)C1=O. The van der Waals surface area contributed by atoms with Crippen LogP contribution in [0.15, 0.2) is 83.8 Å². The van der Waals surface area contributed by atoms with E-state index >= 15 is 4.39 Å². The lowest BCUT2D eigenvalue weighted by molar-refractivity contribution is -0.171. The normalized spacial score (nSPS) is 21.0. The van der Waals surface area contributed by atoms with Crippen molar-refractivity contribution in [1.29, 1.82) is 0 Å². The average Bonchev–Trinajstić information content (AvgIpc) is 2.99. The Bertz CT molecular complexity index is 1660. The fraction of sp³-hybridized carbons (Fsp3) is 0.323. The van der Waals surface area contributed by atoms with Crippen LogP contribution in [0.25, 0.3) is 0 Å². The van der Waals surface area contributed by atoms with Crippen LogP contribution in [-0.2, 0) is 32.6 Å². The Morgan fingerprint density at radius 1 is 0.955 bits per heavy atom. The van der Waals surface area contributed by atoms with Crippen LogP contribution in [0.4, 0.5) is 9.18 Å².